The van der Waals surface area contributed by atoms with Crippen molar-refractivity contribution in [3.63, 3.8) is 0 Å². The van der Waals surface area contributed by atoms with Crippen molar-refractivity contribution < 1.29 is 4.79 Å². The largest absolute Gasteiger partial charge is 0.342 e. The number of hydrogen-bond donors (Lipinski definition) is 1. The first-order valence-corrected chi connectivity index (χ1v) is 7.55. The van der Waals surface area contributed by atoms with Crippen LogP contribution in [0.25, 0.3) is 0 Å². The highest BCUT2D eigenvalue weighted by molar-refractivity contribution is 7.10. The van der Waals surface area contributed by atoms with Crippen LogP contribution in [0.4, 0.5) is 0 Å². The van der Waals surface area contributed by atoms with Gasteiger partial charge in [-0.1, -0.05) is 13.8 Å². The van der Waals surface area contributed by atoms with Gasteiger partial charge in [-0.05, 0) is 25.3 Å². The summed E-state index contributed by atoms with van der Waals surface area (Å²) in [5.41, 5.74) is 0.712. The van der Waals surface area contributed by atoms with Gasteiger partial charge in [0.2, 0.25) is 0 Å². The van der Waals surface area contributed by atoms with Crippen molar-refractivity contribution in [1.82, 2.24) is 20.1 Å². The predicted molar refractivity (Wildman–Crippen MR) is 79.7 cm³/mol. The number of hydrogen-bond acceptors (Lipinski definition) is 4. The molecule has 0 fully saturated rings. The third-order valence-corrected chi connectivity index (χ3v) is 3.92. The Labute approximate surface area is 123 Å². The van der Waals surface area contributed by atoms with Gasteiger partial charge in [-0.3, -0.25) is 9.48 Å². The summed E-state index contributed by atoms with van der Waals surface area (Å²) in [5, 5.41) is 9.03. The molecule has 2 aromatic rings. The Morgan fingerprint density at radius 2 is 2.25 bits per heavy atom. The maximum Gasteiger partial charge on any atom is 0.252 e. The lowest BCUT2D eigenvalue weighted by atomic mass is 10.0. The Balaban J connectivity index is 2.16. The first kappa shape index (κ1) is 14.7. The molecular formula is C14H20N4OS. The molecule has 6 heteroatoms. The van der Waals surface area contributed by atoms with Gasteiger partial charge < -0.3 is 5.32 Å². The Bertz CT molecular complexity index is 588. The molecule has 0 radical (unpaired) electrons. The molecule has 2 heterocycles. The molecule has 108 valence electrons. The van der Waals surface area contributed by atoms with Gasteiger partial charge in [-0.15, -0.1) is 11.3 Å². The minimum Gasteiger partial charge on any atom is -0.342 e. The lowest BCUT2D eigenvalue weighted by Crippen LogP contribution is -2.31. The zero-order chi connectivity index (χ0) is 14.7. The standard InChI is InChI=1S/C14H20N4OS/c1-9(2)5-12(13-15-8-16-18(13)4)17-14(19)11-6-10(3)20-7-11/h6-9,12H,5H2,1-4H3,(H,17,19)/t12-/m0/s1. The van der Waals surface area contributed by atoms with Crippen LogP contribution in [0, 0.1) is 12.8 Å². The van der Waals surface area contributed by atoms with Gasteiger partial charge >= 0.3 is 0 Å². The number of thiophene rings is 1. The number of aromatic nitrogens is 3. The summed E-state index contributed by atoms with van der Waals surface area (Å²) in [6.07, 6.45) is 2.35. The van der Waals surface area contributed by atoms with E-state index in [0.717, 1.165) is 17.1 Å². The maximum absolute atomic E-state index is 12.3. The zero-order valence-electron chi connectivity index (χ0n) is 12.3. The van der Waals surface area contributed by atoms with Gasteiger partial charge in [0.25, 0.3) is 5.91 Å². The van der Waals surface area contributed by atoms with E-state index in [2.05, 4.69) is 29.2 Å². The molecule has 0 spiro atoms. The van der Waals surface area contributed by atoms with Crippen LogP contribution in [-0.2, 0) is 7.05 Å². The lowest BCUT2D eigenvalue weighted by molar-refractivity contribution is 0.0929. The lowest BCUT2D eigenvalue weighted by Gasteiger charge is -2.19. The number of aryl methyl sites for hydroxylation is 2. The van der Waals surface area contributed by atoms with E-state index < -0.39 is 0 Å². The van der Waals surface area contributed by atoms with Gasteiger partial charge in [0, 0.05) is 17.3 Å². The molecule has 0 aliphatic heterocycles. The topological polar surface area (TPSA) is 59.8 Å². The molecule has 0 aliphatic carbocycles. The Hall–Kier alpha value is -1.69. The second kappa shape index (κ2) is 6.17. The highest BCUT2D eigenvalue weighted by Gasteiger charge is 2.21. The molecule has 0 aromatic carbocycles. The number of rotatable bonds is 5. The molecule has 1 N–H and O–H groups in total. The smallest absolute Gasteiger partial charge is 0.252 e. The van der Waals surface area contributed by atoms with Crippen LogP contribution in [0.1, 0.15) is 47.4 Å². The minimum atomic E-state index is -0.116. The summed E-state index contributed by atoms with van der Waals surface area (Å²) >= 11 is 1.58. The van der Waals surface area contributed by atoms with E-state index in [1.807, 2.05) is 25.4 Å². The van der Waals surface area contributed by atoms with E-state index in [1.54, 1.807) is 16.0 Å². The molecule has 1 amide bonds. The van der Waals surface area contributed by atoms with Crippen LogP contribution in [0.15, 0.2) is 17.8 Å². The van der Waals surface area contributed by atoms with Crippen molar-refractivity contribution >= 4 is 17.2 Å². The molecule has 2 aromatic heterocycles. The predicted octanol–water partition coefficient (Wildman–Crippen LogP) is 2.70. The molecule has 1 atom stereocenters. The number of nitrogens with one attached hydrogen (secondary N) is 1. The van der Waals surface area contributed by atoms with E-state index in [9.17, 15) is 4.79 Å². The van der Waals surface area contributed by atoms with Crippen LogP contribution in [0.3, 0.4) is 0 Å². The molecule has 5 nitrogen and oxygen atoms in total. The van der Waals surface area contributed by atoms with Crippen molar-refractivity contribution in [1.29, 1.82) is 0 Å². The summed E-state index contributed by atoms with van der Waals surface area (Å²) in [6.45, 7) is 6.25. The molecular weight excluding hydrogens is 272 g/mol. The first-order valence-electron chi connectivity index (χ1n) is 6.67. The van der Waals surface area contributed by atoms with Crippen molar-refractivity contribution in [3.05, 3.63) is 34.0 Å². The Kier molecular flexibility index (Phi) is 4.54. The number of nitrogens with zero attached hydrogens (tertiary/aromatic N) is 3. The van der Waals surface area contributed by atoms with Crippen molar-refractivity contribution in [3.8, 4) is 0 Å². The van der Waals surface area contributed by atoms with E-state index >= 15 is 0 Å². The maximum atomic E-state index is 12.3. The van der Waals surface area contributed by atoms with E-state index in [1.165, 1.54) is 6.33 Å². The summed E-state index contributed by atoms with van der Waals surface area (Å²) in [5.74, 6) is 1.20. The third-order valence-electron chi connectivity index (χ3n) is 3.06. The Morgan fingerprint density at radius 3 is 2.75 bits per heavy atom. The second-order valence-electron chi connectivity index (χ2n) is 5.34. The number of amides is 1. The zero-order valence-corrected chi connectivity index (χ0v) is 13.1. The molecule has 0 bridgehead atoms. The van der Waals surface area contributed by atoms with Gasteiger partial charge in [-0.25, -0.2) is 4.98 Å². The third kappa shape index (κ3) is 3.45. The molecule has 0 aliphatic rings. The monoisotopic (exact) mass is 292 g/mol. The Morgan fingerprint density at radius 1 is 1.50 bits per heavy atom. The molecule has 0 saturated heterocycles. The normalized spacial score (nSPS) is 12.7. The highest BCUT2D eigenvalue weighted by Crippen LogP contribution is 2.20. The quantitative estimate of drug-likeness (QED) is 0.921. The summed E-state index contributed by atoms with van der Waals surface area (Å²) < 4.78 is 1.71. The minimum absolute atomic E-state index is 0.0528. The van der Waals surface area contributed by atoms with E-state index in [4.69, 9.17) is 0 Å². The fraction of sp³-hybridized carbons (Fsp3) is 0.500. The van der Waals surface area contributed by atoms with Crippen LogP contribution in [0.5, 0.6) is 0 Å². The van der Waals surface area contributed by atoms with Crippen LogP contribution >= 0.6 is 11.3 Å². The SMILES string of the molecule is Cc1cc(C(=O)N[C@@H](CC(C)C)c2ncnn2C)cs1. The first-order chi connectivity index (χ1) is 9.47. The molecule has 0 saturated carbocycles. The van der Waals surface area contributed by atoms with Crippen LogP contribution in [-0.4, -0.2) is 20.7 Å². The summed E-state index contributed by atoms with van der Waals surface area (Å²) in [6, 6.07) is 1.79. The molecule has 20 heavy (non-hydrogen) atoms. The fourth-order valence-corrected chi connectivity index (χ4v) is 2.81. The number of carbonyl (C=O) groups excluding carboxylic acids is 1. The van der Waals surface area contributed by atoms with E-state index in [-0.39, 0.29) is 11.9 Å². The van der Waals surface area contributed by atoms with Crippen LogP contribution < -0.4 is 5.32 Å². The summed E-state index contributed by atoms with van der Waals surface area (Å²) in [7, 11) is 1.84. The van der Waals surface area contributed by atoms with Crippen molar-refractivity contribution in [2.24, 2.45) is 13.0 Å². The average Bonchev–Trinajstić information content (AvgIpc) is 2.96. The summed E-state index contributed by atoms with van der Waals surface area (Å²) in [4.78, 5) is 17.7. The fourth-order valence-electron chi connectivity index (χ4n) is 2.13. The van der Waals surface area contributed by atoms with Gasteiger partial charge in [0.1, 0.15) is 12.2 Å². The van der Waals surface area contributed by atoms with E-state index in [0.29, 0.717) is 11.5 Å². The molecule has 0 unspecified atom stereocenters. The second-order valence-corrected chi connectivity index (χ2v) is 6.46. The number of carbonyl (C=O) groups is 1. The van der Waals surface area contributed by atoms with Gasteiger partial charge in [-0.2, -0.15) is 5.10 Å². The van der Waals surface area contributed by atoms with Gasteiger partial charge in [0.15, 0.2) is 0 Å². The highest BCUT2D eigenvalue weighted by atomic mass is 32.1. The van der Waals surface area contributed by atoms with Gasteiger partial charge in [0.05, 0.1) is 11.6 Å². The average molecular weight is 292 g/mol. The van der Waals surface area contributed by atoms with Crippen molar-refractivity contribution in [2.45, 2.75) is 33.2 Å². The van der Waals surface area contributed by atoms with Crippen LogP contribution in [0.2, 0.25) is 0 Å². The molecule has 2 rings (SSSR count). The van der Waals surface area contributed by atoms with Crippen molar-refractivity contribution in [2.75, 3.05) is 0 Å².